The van der Waals surface area contributed by atoms with Gasteiger partial charge >= 0.3 is 0 Å². The van der Waals surface area contributed by atoms with Crippen LogP contribution < -0.4 is 10.9 Å². The number of carbonyl (C=O) groups excluding carboxylic acids is 1. The lowest BCUT2D eigenvalue weighted by Gasteiger charge is -2.26. The Hall–Kier alpha value is -1.89. The molecule has 1 N–H and O–H groups in total. The third-order valence-electron chi connectivity index (χ3n) is 3.48. The van der Waals surface area contributed by atoms with E-state index in [1.807, 2.05) is 10.3 Å². The van der Waals surface area contributed by atoms with Crippen molar-refractivity contribution in [3.8, 4) is 0 Å². The zero-order valence-electron chi connectivity index (χ0n) is 11.0. The summed E-state index contributed by atoms with van der Waals surface area (Å²) in [6, 6.07) is 0. The van der Waals surface area contributed by atoms with Gasteiger partial charge in [0.25, 0.3) is 5.56 Å². The molecule has 0 unspecified atom stereocenters. The molecule has 0 bridgehead atoms. The fraction of sp³-hybridized carbons (Fsp3) is 0.462. The quantitative estimate of drug-likeness (QED) is 0.922. The van der Waals surface area contributed by atoms with Gasteiger partial charge < -0.3 is 10.2 Å². The Morgan fingerprint density at radius 2 is 2.15 bits per heavy atom. The highest BCUT2D eigenvalue weighted by Gasteiger charge is 2.16. The van der Waals surface area contributed by atoms with Crippen LogP contribution in [0.25, 0.3) is 4.96 Å². The summed E-state index contributed by atoms with van der Waals surface area (Å²) in [4.78, 5) is 30.8. The van der Waals surface area contributed by atoms with Crippen molar-refractivity contribution >= 4 is 27.9 Å². The molecule has 7 heteroatoms. The molecule has 2 aromatic heterocycles. The molecule has 0 spiro atoms. The summed E-state index contributed by atoms with van der Waals surface area (Å²) in [5.74, 6) is 0.0412. The van der Waals surface area contributed by atoms with Gasteiger partial charge in [-0.2, -0.15) is 0 Å². The van der Waals surface area contributed by atoms with E-state index in [0.717, 1.165) is 25.9 Å². The van der Waals surface area contributed by atoms with E-state index >= 15 is 0 Å². The van der Waals surface area contributed by atoms with E-state index in [-0.39, 0.29) is 18.0 Å². The summed E-state index contributed by atoms with van der Waals surface area (Å²) in [7, 11) is 0. The first-order valence-corrected chi connectivity index (χ1v) is 7.60. The van der Waals surface area contributed by atoms with Crippen LogP contribution in [0, 0.1) is 0 Å². The summed E-state index contributed by atoms with van der Waals surface area (Å²) in [5.41, 5.74) is 0.203. The number of nitrogens with one attached hydrogen (secondary N) is 1. The number of fused-ring (bicyclic) bond motifs is 1. The SMILES string of the molecule is O=C(CNc1cnc2sccn2c1=O)N1CCCCC1. The number of nitrogens with zero attached hydrogens (tertiary/aromatic N) is 3. The lowest BCUT2D eigenvalue weighted by molar-refractivity contribution is -0.130. The number of carbonyl (C=O) groups is 1. The molecule has 0 radical (unpaired) electrons. The van der Waals surface area contributed by atoms with Crippen molar-refractivity contribution in [1.29, 1.82) is 0 Å². The minimum atomic E-state index is -0.164. The van der Waals surface area contributed by atoms with Crippen molar-refractivity contribution in [1.82, 2.24) is 14.3 Å². The first-order valence-electron chi connectivity index (χ1n) is 6.72. The summed E-state index contributed by atoms with van der Waals surface area (Å²) in [6.45, 7) is 1.79. The number of hydrogen-bond donors (Lipinski definition) is 1. The fourth-order valence-electron chi connectivity index (χ4n) is 2.37. The van der Waals surface area contributed by atoms with Gasteiger partial charge in [-0.3, -0.25) is 14.0 Å². The third kappa shape index (κ3) is 2.53. The first kappa shape index (κ1) is 13.1. The summed E-state index contributed by atoms with van der Waals surface area (Å²) in [6.07, 6.45) is 6.51. The monoisotopic (exact) mass is 292 g/mol. The molecular weight excluding hydrogens is 276 g/mol. The molecular formula is C13H16N4O2S. The van der Waals surface area contributed by atoms with Crippen molar-refractivity contribution in [3.63, 3.8) is 0 Å². The van der Waals surface area contributed by atoms with Crippen LogP contribution in [0.3, 0.4) is 0 Å². The Morgan fingerprint density at radius 1 is 1.35 bits per heavy atom. The molecule has 1 aliphatic heterocycles. The smallest absolute Gasteiger partial charge is 0.281 e. The van der Waals surface area contributed by atoms with Crippen LogP contribution in [0.2, 0.25) is 0 Å². The van der Waals surface area contributed by atoms with Gasteiger partial charge in [-0.15, -0.1) is 11.3 Å². The molecule has 6 nitrogen and oxygen atoms in total. The van der Waals surface area contributed by atoms with E-state index < -0.39 is 0 Å². The van der Waals surface area contributed by atoms with E-state index in [2.05, 4.69) is 10.3 Å². The Kier molecular flexibility index (Phi) is 3.68. The molecule has 1 saturated heterocycles. The van der Waals surface area contributed by atoms with E-state index in [9.17, 15) is 9.59 Å². The first-order chi connectivity index (χ1) is 9.75. The van der Waals surface area contributed by atoms with Gasteiger partial charge in [0, 0.05) is 24.7 Å². The van der Waals surface area contributed by atoms with Crippen LogP contribution >= 0.6 is 11.3 Å². The number of amides is 1. The van der Waals surface area contributed by atoms with Crippen molar-refractivity contribution in [2.75, 3.05) is 25.0 Å². The molecule has 1 amide bonds. The Bertz CT molecular complexity index is 672. The van der Waals surface area contributed by atoms with Crippen LogP contribution in [0.5, 0.6) is 0 Å². The number of likely N-dealkylation sites (tertiary alicyclic amines) is 1. The zero-order valence-corrected chi connectivity index (χ0v) is 11.9. The predicted molar refractivity (Wildman–Crippen MR) is 78.3 cm³/mol. The Balaban J connectivity index is 1.68. The maximum absolute atomic E-state index is 12.1. The average Bonchev–Trinajstić information content (AvgIpc) is 2.96. The molecule has 0 atom stereocenters. The van der Waals surface area contributed by atoms with Crippen molar-refractivity contribution in [2.24, 2.45) is 0 Å². The molecule has 20 heavy (non-hydrogen) atoms. The molecule has 0 aliphatic carbocycles. The van der Waals surface area contributed by atoms with Crippen molar-refractivity contribution in [2.45, 2.75) is 19.3 Å². The van der Waals surface area contributed by atoms with Crippen LogP contribution in [0.15, 0.2) is 22.6 Å². The van der Waals surface area contributed by atoms with Crippen LogP contribution in [-0.2, 0) is 4.79 Å². The van der Waals surface area contributed by atoms with Crippen molar-refractivity contribution in [3.05, 3.63) is 28.1 Å². The number of hydrogen-bond acceptors (Lipinski definition) is 5. The molecule has 0 saturated carbocycles. The van der Waals surface area contributed by atoms with Gasteiger partial charge in [-0.1, -0.05) is 0 Å². The van der Waals surface area contributed by atoms with E-state index in [1.54, 1.807) is 6.20 Å². The lowest BCUT2D eigenvalue weighted by atomic mass is 10.1. The summed E-state index contributed by atoms with van der Waals surface area (Å²) < 4.78 is 1.48. The summed E-state index contributed by atoms with van der Waals surface area (Å²) in [5, 5.41) is 4.72. The van der Waals surface area contributed by atoms with Crippen molar-refractivity contribution < 1.29 is 4.79 Å². The van der Waals surface area contributed by atoms with Gasteiger partial charge in [-0.05, 0) is 19.3 Å². The molecule has 2 aromatic rings. The maximum Gasteiger partial charge on any atom is 0.281 e. The molecule has 1 aliphatic rings. The zero-order chi connectivity index (χ0) is 13.9. The van der Waals surface area contributed by atoms with E-state index in [4.69, 9.17) is 0 Å². The minimum absolute atomic E-state index is 0.0412. The van der Waals surface area contributed by atoms with Gasteiger partial charge in [0.05, 0.1) is 12.7 Å². The lowest BCUT2D eigenvalue weighted by Crippen LogP contribution is -2.39. The van der Waals surface area contributed by atoms with E-state index in [1.165, 1.54) is 28.4 Å². The highest BCUT2D eigenvalue weighted by Crippen LogP contribution is 2.10. The second kappa shape index (κ2) is 5.62. The number of piperidine rings is 1. The third-order valence-corrected chi connectivity index (χ3v) is 4.25. The van der Waals surface area contributed by atoms with Gasteiger partial charge in [-0.25, -0.2) is 4.98 Å². The second-order valence-electron chi connectivity index (χ2n) is 4.83. The van der Waals surface area contributed by atoms with Crippen LogP contribution in [0.1, 0.15) is 19.3 Å². The average molecular weight is 292 g/mol. The highest BCUT2D eigenvalue weighted by atomic mass is 32.1. The number of rotatable bonds is 3. The topological polar surface area (TPSA) is 66.7 Å². The second-order valence-corrected chi connectivity index (χ2v) is 5.70. The summed E-state index contributed by atoms with van der Waals surface area (Å²) >= 11 is 1.41. The van der Waals surface area contributed by atoms with Gasteiger partial charge in [0.1, 0.15) is 5.69 Å². The minimum Gasteiger partial charge on any atom is -0.370 e. The molecule has 1 fully saturated rings. The normalized spacial score (nSPS) is 15.5. The van der Waals surface area contributed by atoms with E-state index in [0.29, 0.717) is 10.6 Å². The molecule has 106 valence electrons. The predicted octanol–water partition coefficient (Wildman–Crippen LogP) is 1.18. The number of thiazole rings is 1. The molecule has 0 aromatic carbocycles. The maximum atomic E-state index is 12.1. The Morgan fingerprint density at radius 3 is 2.95 bits per heavy atom. The van der Waals surface area contributed by atoms with Crippen LogP contribution in [-0.4, -0.2) is 39.8 Å². The number of aromatic nitrogens is 2. The van der Waals surface area contributed by atoms with Gasteiger partial charge in [0.2, 0.25) is 5.91 Å². The van der Waals surface area contributed by atoms with Crippen LogP contribution in [0.4, 0.5) is 5.69 Å². The Labute approximate surface area is 120 Å². The molecule has 3 rings (SSSR count). The number of anilines is 1. The fourth-order valence-corrected chi connectivity index (χ4v) is 3.05. The molecule has 3 heterocycles. The highest BCUT2D eigenvalue weighted by molar-refractivity contribution is 7.15. The van der Waals surface area contributed by atoms with Gasteiger partial charge in [0.15, 0.2) is 4.96 Å². The standard InChI is InChI=1S/C13H16N4O2S/c18-11(16-4-2-1-3-5-16)9-14-10-8-15-13-17(12(10)19)6-7-20-13/h6-8,14H,1-5,9H2. The largest absolute Gasteiger partial charge is 0.370 e.